The molecule has 0 aliphatic heterocycles. The highest BCUT2D eigenvalue weighted by atomic mass is 19.1. The van der Waals surface area contributed by atoms with Gasteiger partial charge in [-0.15, -0.1) is 0 Å². The fourth-order valence-corrected chi connectivity index (χ4v) is 2.48. The largest absolute Gasteiger partial charge is 0.325 e. The van der Waals surface area contributed by atoms with E-state index < -0.39 is 11.6 Å². The van der Waals surface area contributed by atoms with Crippen LogP contribution in [-0.2, 0) is 6.42 Å². The van der Waals surface area contributed by atoms with Gasteiger partial charge in [-0.1, -0.05) is 25.3 Å². The number of nitrogens with two attached hydrogens (primary N) is 1. The van der Waals surface area contributed by atoms with Crippen LogP contribution in [0, 0.1) is 11.6 Å². The summed E-state index contributed by atoms with van der Waals surface area (Å²) in [5.41, 5.74) is 6.48. The van der Waals surface area contributed by atoms with Gasteiger partial charge in [-0.3, -0.25) is 0 Å². The molecule has 1 aliphatic carbocycles. The van der Waals surface area contributed by atoms with E-state index in [1.165, 1.54) is 18.6 Å². The molecular weight excluding hydrogens is 208 g/mol. The normalized spacial score (nSPS) is 19.7. The molecule has 0 aromatic heterocycles. The van der Waals surface area contributed by atoms with E-state index in [2.05, 4.69) is 0 Å². The summed E-state index contributed by atoms with van der Waals surface area (Å²) in [5, 5.41) is 0. The Kier molecular flexibility index (Phi) is 3.24. The molecule has 1 nitrogen and oxygen atoms in total. The van der Waals surface area contributed by atoms with E-state index >= 15 is 0 Å². The number of halogens is 2. The van der Waals surface area contributed by atoms with Crippen LogP contribution in [0.25, 0.3) is 0 Å². The summed E-state index contributed by atoms with van der Waals surface area (Å²) >= 11 is 0. The Morgan fingerprint density at radius 1 is 1.12 bits per heavy atom. The molecule has 0 atom stereocenters. The lowest BCUT2D eigenvalue weighted by Crippen LogP contribution is -2.43. The first-order valence-corrected chi connectivity index (χ1v) is 5.82. The molecule has 1 aliphatic rings. The van der Waals surface area contributed by atoms with E-state index in [0.717, 1.165) is 31.7 Å². The Hall–Kier alpha value is -0.960. The number of rotatable bonds is 2. The molecule has 2 N–H and O–H groups in total. The lowest BCUT2D eigenvalue weighted by molar-refractivity contribution is 0.291. The van der Waals surface area contributed by atoms with Gasteiger partial charge in [0.05, 0.1) is 0 Å². The highest BCUT2D eigenvalue weighted by molar-refractivity contribution is 5.21. The standard InChI is InChI=1S/C13H17F2N/c14-11-5-4-10(12(15)8-11)9-13(16)6-2-1-3-7-13/h4-5,8H,1-3,6-7,9,16H2. The molecule has 1 fully saturated rings. The quantitative estimate of drug-likeness (QED) is 0.822. The van der Waals surface area contributed by atoms with Crippen molar-refractivity contribution >= 4 is 0 Å². The Morgan fingerprint density at radius 3 is 2.44 bits per heavy atom. The van der Waals surface area contributed by atoms with Crippen molar-refractivity contribution < 1.29 is 8.78 Å². The van der Waals surface area contributed by atoms with Crippen molar-refractivity contribution in [1.29, 1.82) is 0 Å². The smallest absolute Gasteiger partial charge is 0.129 e. The molecule has 88 valence electrons. The predicted octanol–water partition coefficient (Wildman–Crippen LogP) is 3.17. The molecule has 1 aromatic rings. The zero-order valence-corrected chi connectivity index (χ0v) is 9.31. The maximum atomic E-state index is 13.5. The Morgan fingerprint density at radius 2 is 1.81 bits per heavy atom. The van der Waals surface area contributed by atoms with Gasteiger partial charge < -0.3 is 5.73 Å². The van der Waals surface area contributed by atoms with Crippen molar-refractivity contribution in [3.8, 4) is 0 Å². The Labute approximate surface area is 94.7 Å². The summed E-state index contributed by atoms with van der Waals surface area (Å²) in [6.45, 7) is 0. The van der Waals surface area contributed by atoms with Crippen molar-refractivity contribution in [1.82, 2.24) is 0 Å². The molecule has 0 amide bonds. The van der Waals surface area contributed by atoms with E-state index in [9.17, 15) is 8.78 Å². The van der Waals surface area contributed by atoms with E-state index in [-0.39, 0.29) is 5.54 Å². The molecule has 1 aromatic carbocycles. The topological polar surface area (TPSA) is 26.0 Å². The van der Waals surface area contributed by atoms with Crippen LogP contribution in [0.1, 0.15) is 37.7 Å². The highest BCUT2D eigenvalue weighted by Crippen LogP contribution is 2.29. The van der Waals surface area contributed by atoms with Crippen LogP contribution in [-0.4, -0.2) is 5.54 Å². The monoisotopic (exact) mass is 225 g/mol. The van der Waals surface area contributed by atoms with Crippen molar-refractivity contribution in [3.63, 3.8) is 0 Å². The van der Waals surface area contributed by atoms with E-state index in [0.29, 0.717) is 12.0 Å². The minimum atomic E-state index is -0.532. The third kappa shape index (κ3) is 2.59. The Balaban J connectivity index is 2.13. The van der Waals surface area contributed by atoms with E-state index in [1.807, 2.05) is 0 Å². The Bertz CT molecular complexity index is 370. The first kappa shape index (κ1) is 11.5. The molecule has 0 radical (unpaired) electrons. The van der Waals surface area contributed by atoms with Gasteiger partial charge in [-0.25, -0.2) is 8.78 Å². The van der Waals surface area contributed by atoms with Crippen LogP contribution in [0.2, 0.25) is 0 Å². The molecular formula is C13H17F2N. The third-order valence-electron chi connectivity index (χ3n) is 3.41. The van der Waals surface area contributed by atoms with Crippen LogP contribution >= 0.6 is 0 Å². The summed E-state index contributed by atoms with van der Waals surface area (Å²) in [5.74, 6) is -1.01. The first-order valence-electron chi connectivity index (χ1n) is 5.82. The van der Waals surface area contributed by atoms with E-state index in [1.54, 1.807) is 0 Å². The average molecular weight is 225 g/mol. The summed E-state index contributed by atoms with van der Waals surface area (Å²) in [6.07, 6.45) is 5.82. The van der Waals surface area contributed by atoms with Gasteiger partial charge in [0, 0.05) is 11.6 Å². The van der Waals surface area contributed by atoms with Gasteiger partial charge in [-0.2, -0.15) is 0 Å². The number of benzene rings is 1. The van der Waals surface area contributed by atoms with Crippen LogP contribution < -0.4 is 5.73 Å². The van der Waals surface area contributed by atoms with Gasteiger partial charge in [0.25, 0.3) is 0 Å². The van der Waals surface area contributed by atoms with Crippen molar-refractivity contribution in [2.45, 2.75) is 44.1 Å². The molecule has 0 unspecified atom stereocenters. The molecule has 16 heavy (non-hydrogen) atoms. The van der Waals surface area contributed by atoms with Gasteiger partial charge in [0.15, 0.2) is 0 Å². The predicted molar refractivity (Wildman–Crippen MR) is 60.1 cm³/mol. The molecule has 2 rings (SSSR count). The summed E-state index contributed by atoms with van der Waals surface area (Å²) < 4.78 is 26.2. The molecule has 0 spiro atoms. The van der Waals surface area contributed by atoms with Gasteiger partial charge in [-0.05, 0) is 30.9 Å². The fraction of sp³-hybridized carbons (Fsp3) is 0.538. The summed E-state index contributed by atoms with van der Waals surface area (Å²) in [7, 11) is 0. The lowest BCUT2D eigenvalue weighted by atomic mass is 9.78. The second kappa shape index (κ2) is 4.50. The second-order valence-electron chi connectivity index (χ2n) is 4.84. The zero-order chi connectivity index (χ0) is 11.6. The fourth-order valence-electron chi connectivity index (χ4n) is 2.48. The summed E-state index contributed by atoms with van der Waals surface area (Å²) in [6, 6.07) is 3.74. The number of hydrogen-bond acceptors (Lipinski definition) is 1. The SMILES string of the molecule is NC1(Cc2ccc(F)cc2F)CCCCC1. The molecule has 0 saturated heterocycles. The molecule has 0 heterocycles. The van der Waals surface area contributed by atoms with Gasteiger partial charge in [0.2, 0.25) is 0 Å². The first-order chi connectivity index (χ1) is 7.59. The van der Waals surface area contributed by atoms with Gasteiger partial charge in [0.1, 0.15) is 11.6 Å². The maximum Gasteiger partial charge on any atom is 0.129 e. The van der Waals surface area contributed by atoms with Crippen molar-refractivity contribution in [3.05, 3.63) is 35.4 Å². The molecule has 0 bridgehead atoms. The maximum absolute atomic E-state index is 13.5. The van der Waals surface area contributed by atoms with Crippen LogP contribution in [0.4, 0.5) is 8.78 Å². The van der Waals surface area contributed by atoms with Crippen LogP contribution in [0.5, 0.6) is 0 Å². The lowest BCUT2D eigenvalue weighted by Gasteiger charge is -2.33. The third-order valence-corrected chi connectivity index (χ3v) is 3.41. The minimum absolute atomic E-state index is 0.295. The van der Waals surface area contributed by atoms with Crippen LogP contribution in [0.15, 0.2) is 18.2 Å². The highest BCUT2D eigenvalue weighted by Gasteiger charge is 2.28. The molecule has 3 heteroatoms. The second-order valence-corrected chi connectivity index (χ2v) is 4.84. The zero-order valence-electron chi connectivity index (χ0n) is 9.31. The minimum Gasteiger partial charge on any atom is -0.325 e. The molecule has 1 saturated carbocycles. The number of hydrogen-bond donors (Lipinski definition) is 1. The van der Waals surface area contributed by atoms with Crippen LogP contribution in [0.3, 0.4) is 0 Å². The average Bonchev–Trinajstić information content (AvgIpc) is 2.23. The van der Waals surface area contributed by atoms with Crippen molar-refractivity contribution in [2.75, 3.05) is 0 Å². The van der Waals surface area contributed by atoms with Gasteiger partial charge >= 0.3 is 0 Å². The van der Waals surface area contributed by atoms with Crippen molar-refractivity contribution in [2.24, 2.45) is 5.73 Å². The summed E-state index contributed by atoms with van der Waals surface area (Å²) in [4.78, 5) is 0. The van der Waals surface area contributed by atoms with E-state index in [4.69, 9.17) is 5.73 Å².